The molecule has 0 bridgehead atoms. The molecule has 0 saturated carbocycles. The Kier molecular flexibility index (Phi) is 6.34. The lowest BCUT2D eigenvalue weighted by Gasteiger charge is -2.14. The molecule has 0 unspecified atom stereocenters. The third-order valence-corrected chi connectivity index (χ3v) is 6.81. The molecule has 1 aliphatic heterocycles. The molecule has 0 radical (unpaired) electrons. The molecule has 1 amide bonds. The van der Waals surface area contributed by atoms with Crippen LogP contribution in [0.4, 0.5) is 0 Å². The first-order valence-electron chi connectivity index (χ1n) is 9.41. The van der Waals surface area contributed by atoms with Crippen LogP contribution in [0.1, 0.15) is 47.6 Å². The molecular weight excluding hydrogens is 364 g/mol. The number of benzene rings is 1. The summed E-state index contributed by atoms with van der Waals surface area (Å²) in [6, 6.07) is 11.6. The van der Waals surface area contributed by atoms with Gasteiger partial charge in [-0.3, -0.25) is 4.79 Å². The van der Waals surface area contributed by atoms with Gasteiger partial charge in [0.15, 0.2) is 5.76 Å². The van der Waals surface area contributed by atoms with Crippen molar-refractivity contribution in [2.24, 2.45) is 0 Å². The van der Waals surface area contributed by atoms with E-state index >= 15 is 0 Å². The Bertz CT molecular complexity index is 869. The van der Waals surface area contributed by atoms with Crippen LogP contribution in [-0.4, -0.2) is 38.3 Å². The number of hydrogen-bond donors (Lipinski definition) is 1. The average molecular weight is 391 g/mol. The second-order valence-corrected chi connectivity index (χ2v) is 8.75. The predicted octanol–water partition coefficient (Wildman–Crippen LogP) is 3.13. The van der Waals surface area contributed by atoms with Gasteiger partial charge in [0, 0.05) is 25.7 Å². The van der Waals surface area contributed by atoms with Gasteiger partial charge in [-0.25, -0.2) is 8.42 Å². The van der Waals surface area contributed by atoms with Crippen molar-refractivity contribution in [1.82, 2.24) is 9.62 Å². The quantitative estimate of drug-likeness (QED) is 0.703. The summed E-state index contributed by atoms with van der Waals surface area (Å²) >= 11 is 0. The molecule has 0 aliphatic carbocycles. The van der Waals surface area contributed by atoms with Crippen LogP contribution in [-0.2, 0) is 16.4 Å². The summed E-state index contributed by atoms with van der Waals surface area (Å²) in [6.07, 6.45) is 4.52. The van der Waals surface area contributed by atoms with E-state index in [0.717, 1.165) is 32.1 Å². The molecule has 3 rings (SSSR count). The molecule has 6 nitrogen and oxygen atoms in total. The molecule has 2 aromatic rings. The van der Waals surface area contributed by atoms with Gasteiger partial charge in [0.05, 0.1) is 0 Å². The van der Waals surface area contributed by atoms with Gasteiger partial charge in [0.1, 0.15) is 10.7 Å². The average Bonchev–Trinajstić information content (AvgIpc) is 3.32. The second kappa shape index (κ2) is 8.71. The highest BCUT2D eigenvalue weighted by molar-refractivity contribution is 7.89. The fourth-order valence-corrected chi connectivity index (χ4v) is 4.97. The fraction of sp³-hybridized carbons (Fsp3) is 0.450. The minimum absolute atomic E-state index is 0.0494. The summed E-state index contributed by atoms with van der Waals surface area (Å²) in [6.45, 7) is 3.16. The molecule has 2 heterocycles. The van der Waals surface area contributed by atoms with Gasteiger partial charge in [-0.2, -0.15) is 4.31 Å². The molecule has 1 aromatic carbocycles. The molecule has 0 spiro atoms. The zero-order chi connectivity index (χ0) is 19.3. The van der Waals surface area contributed by atoms with Crippen molar-refractivity contribution in [2.75, 3.05) is 19.6 Å². The van der Waals surface area contributed by atoms with Crippen LogP contribution in [0.3, 0.4) is 0 Å². The molecule has 1 fully saturated rings. The maximum atomic E-state index is 12.7. The van der Waals surface area contributed by atoms with Crippen molar-refractivity contribution in [1.29, 1.82) is 0 Å². The minimum atomic E-state index is -3.58. The fourth-order valence-electron chi connectivity index (χ4n) is 3.29. The molecule has 1 saturated heterocycles. The van der Waals surface area contributed by atoms with Gasteiger partial charge in [0.2, 0.25) is 10.0 Å². The van der Waals surface area contributed by atoms with Crippen molar-refractivity contribution in [2.45, 2.75) is 43.9 Å². The van der Waals surface area contributed by atoms with Crippen LogP contribution >= 0.6 is 0 Å². The summed E-state index contributed by atoms with van der Waals surface area (Å²) in [5.41, 5.74) is 1.28. The van der Waals surface area contributed by atoms with E-state index in [2.05, 4.69) is 17.4 Å². The Morgan fingerprint density at radius 3 is 2.56 bits per heavy atom. The summed E-state index contributed by atoms with van der Waals surface area (Å²) in [4.78, 5) is 12.4. The summed E-state index contributed by atoms with van der Waals surface area (Å²) < 4.78 is 32.2. The number of rotatable bonds is 8. The molecule has 1 aromatic heterocycles. The van der Waals surface area contributed by atoms with E-state index in [1.807, 2.05) is 18.2 Å². The Labute approximate surface area is 160 Å². The number of furan rings is 1. The topological polar surface area (TPSA) is 79.6 Å². The van der Waals surface area contributed by atoms with Crippen LogP contribution in [0.5, 0.6) is 0 Å². The normalized spacial score (nSPS) is 15.1. The lowest BCUT2D eigenvalue weighted by atomic mass is 10.1. The van der Waals surface area contributed by atoms with Crippen molar-refractivity contribution < 1.29 is 17.6 Å². The zero-order valence-electron chi connectivity index (χ0n) is 15.6. The van der Waals surface area contributed by atoms with E-state index < -0.39 is 10.0 Å². The largest absolute Gasteiger partial charge is 0.455 e. The highest BCUT2D eigenvalue weighted by Crippen LogP contribution is 2.26. The lowest BCUT2D eigenvalue weighted by molar-refractivity contribution is 0.0924. The van der Waals surface area contributed by atoms with E-state index in [1.54, 1.807) is 6.92 Å². The molecular formula is C20H26N2O4S. The van der Waals surface area contributed by atoms with Crippen LogP contribution in [0.2, 0.25) is 0 Å². The van der Waals surface area contributed by atoms with Crippen LogP contribution < -0.4 is 5.32 Å². The number of hydrogen-bond acceptors (Lipinski definition) is 4. The van der Waals surface area contributed by atoms with E-state index in [4.69, 9.17) is 4.42 Å². The Morgan fingerprint density at radius 1 is 1.15 bits per heavy atom. The minimum Gasteiger partial charge on any atom is -0.455 e. The first-order chi connectivity index (χ1) is 13.0. The van der Waals surface area contributed by atoms with Gasteiger partial charge >= 0.3 is 0 Å². The number of aryl methyl sites for hydroxylation is 2. The number of unbranched alkanes of at least 4 members (excludes halogenated alkanes) is 1. The Morgan fingerprint density at radius 2 is 1.85 bits per heavy atom. The number of nitrogens with one attached hydrogen (secondary N) is 1. The van der Waals surface area contributed by atoms with E-state index in [9.17, 15) is 13.2 Å². The molecule has 27 heavy (non-hydrogen) atoms. The Balaban J connectivity index is 1.52. The van der Waals surface area contributed by atoms with Gasteiger partial charge in [0.25, 0.3) is 5.91 Å². The second-order valence-electron chi connectivity index (χ2n) is 6.84. The molecule has 1 N–H and O–H groups in total. The van der Waals surface area contributed by atoms with Gasteiger partial charge in [-0.1, -0.05) is 30.3 Å². The highest BCUT2D eigenvalue weighted by Gasteiger charge is 2.31. The smallest absolute Gasteiger partial charge is 0.287 e. The van der Waals surface area contributed by atoms with Gasteiger partial charge < -0.3 is 9.73 Å². The maximum Gasteiger partial charge on any atom is 0.287 e. The molecule has 1 aliphatic rings. The summed E-state index contributed by atoms with van der Waals surface area (Å²) in [5, 5.41) is 2.81. The first kappa shape index (κ1) is 19.6. The molecule has 7 heteroatoms. The standard InChI is InChI=1S/C20H26N2O4S/c1-16-19(27(24,25)22-13-7-8-14-22)15-18(26-16)20(23)21-12-6-5-11-17-9-3-2-4-10-17/h2-4,9-10,15H,5-8,11-14H2,1H3,(H,21,23). The lowest BCUT2D eigenvalue weighted by Crippen LogP contribution is -2.28. The van der Waals surface area contributed by atoms with Crippen LogP contribution in [0, 0.1) is 6.92 Å². The van der Waals surface area contributed by atoms with Crippen LogP contribution in [0.25, 0.3) is 0 Å². The third kappa shape index (κ3) is 4.78. The zero-order valence-corrected chi connectivity index (χ0v) is 16.4. The van der Waals surface area contributed by atoms with Crippen LogP contribution in [0.15, 0.2) is 45.7 Å². The van der Waals surface area contributed by atoms with Gasteiger partial charge in [-0.05, 0) is 44.6 Å². The number of carbonyl (C=O) groups excluding carboxylic acids is 1. The first-order valence-corrected chi connectivity index (χ1v) is 10.9. The Hall–Kier alpha value is -2.12. The van der Waals surface area contributed by atoms with E-state index in [-0.39, 0.29) is 22.3 Å². The van der Waals surface area contributed by atoms with Crippen molar-refractivity contribution in [3.05, 3.63) is 53.5 Å². The van der Waals surface area contributed by atoms with Crippen molar-refractivity contribution in [3.63, 3.8) is 0 Å². The number of sulfonamides is 1. The predicted molar refractivity (Wildman–Crippen MR) is 103 cm³/mol. The van der Waals surface area contributed by atoms with Crippen molar-refractivity contribution in [3.8, 4) is 0 Å². The number of amides is 1. The summed E-state index contributed by atoms with van der Waals surface area (Å²) in [7, 11) is -3.58. The van der Waals surface area contributed by atoms with Crippen molar-refractivity contribution >= 4 is 15.9 Å². The summed E-state index contributed by atoms with van der Waals surface area (Å²) in [5.74, 6) is -0.0647. The maximum absolute atomic E-state index is 12.7. The van der Waals surface area contributed by atoms with E-state index in [1.165, 1.54) is 15.9 Å². The number of carbonyl (C=O) groups is 1. The van der Waals surface area contributed by atoms with E-state index in [0.29, 0.717) is 19.6 Å². The highest BCUT2D eigenvalue weighted by atomic mass is 32.2. The SMILES string of the molecule is Cc1oc(C(=O)NCCCCc2ccccc2)cc1S(=O)(=O)N1CCCC1. The monoisotopic (exact) mass is 390 g/mol. The third-order valence-electron chi connectivity index (χ3n) is 4.80. The molecule has 146 valence electrons. The van der Waals surface area contributed by atoms with Gasteiger partial charge in [-0.15, -0.1) is 0 Å². The molecule has 0 atom stereocenters. The number of nitrogens with zero attached hydrogens (tertiary/aromatic N) is 1.